The second kappa shape index (κ2) is 9.56. The van der Waals surface area contributed by atoms with Gasteiger partial charge in [-0.25, -0.2) is 4.39 Å². The maximum atomic E-state index is 14.1. The van der Waals surface area contributed by atoms with Crippen LogP contribution in [0.3, 0.4) is 0 Å². The van der Waals surface area contributed by atoms with Crippen LogP contribution in [0.25, 0.3) is 0 Å². The number of anilines is 1. The van der Waals surface area contributed by atoms with Crippen molar-refractivity contribution >= 4 is 29.1 Å². The molecule has 4 nitrogen and oxygen atoms in total. The lowest BCUT2D eigenvalue weighted by Gasteiger charge is -2.36. The van der Waals surface area contributed by atoms with Gasteiger partial charge in [-0.2, -0.15) is 0 Å². The molecule has 2 aromatic carbocycles. The number of amides is 1. The van der Waals surface area contributed by atoms with Crippen molar-refractivity contribution in [1.82, 2.24) is 4.90 Å². The number of halogens is 1. The molecule has 6 heteroatoms. The number of aliphatic imine (C=N–C) groups is 1. The minimum Gasteiger partial charge on any atom is -0.366 e. The van der Waals surface area contributed by atoms with Crippen molar-refractivity contribution in [1.29, 1.82) is 0 Å². The normalized spacial score (nSPS) is 20.2. The van der Waals surface area contributed by atoms with Crippen LogP contribution < -0.4 is 4.90 Å². The van der Waals surface area contributed by atoms with Gasteiger partial charge >= 0.3 is 0 Å². The first kappa shape index (κ1) is 22.0. The molecule has 3 aliphatic rings. The molecule has 2 heterocycles. The van der Waals surface area contributed by atoms with E-state index in [1.165, 1.54) is 16.5 Å². The summed E-state index contributed by atoms with van der Waals surface area (Å²) in [6.45, 7) is 4.60. The predicted molar refractivity (Wildman–Crippen MR) is 134 cm³/mol. The summed E-state index contributed by atoms with van der Waals surface area (Å²) in [4.78, 5) is 23.5. The summed E-state index contributed by atoms with van der Waals surface area (Å²) in [6, 6.07) is 15.3. The Morgan fingerprint density at radius 3 is 2.64 bits per heavy atom. The summed E-state index contributed by atoms with van der Waals surface area (Å²) in [5.41, 5.74) is 4.67. The number of hydrogen-bond acceptors (Lipinski definition) is 4. The number of rotatable bonds is 4. The molecule has 170 valence electrons. The van der Waals surface area contributed by atoms with E-state index in [9.17, 15) is 9.18 Å². The number of thioether (sulfide) groups is 1. The molecule has 5 rings (SSSR count). The first-order valence-corrected chi connectivity index (χ1v) is 12.6. The van der Waals surface area contributed by atoms with Gasteiger partial charge in [-0.15, -0.1) is 11.8 Å². The molecule has 0 bridgehead atoms. The van der Waals surface area contributed by atoms with Gasteiger partial charge in [-0.05, 0) is 37.1 Å². The molecule has 1 fully saturated rings. The zero-order chi connectivity index (χ0) is 22.8. The molecular weight excluding hydrogens is 433 g/mol. The van der Waals surface area contributed by atoms with Crippen LogP contribution in [0.2, 0.25) is 0 Å². The molecule has 0 spiro atoms. The number of hydrogen-bond donors (Lipinski definition) is 0. The molecule has 1 aliphatic carbocycles. The standard InChI is InChI=1S/C27H28FN3OS/c1-2-7-22-20-8-3-6-11-25(20)33-26-13-12-19(18-23(26)29-22)27(32)31-16-14-30(15-17-31)24-10-5-4-9-21(24)28/h3-6,8-12,18,26H,2,7,13-17H2,1H3. The van der Waals surface area contributed by atoms with E-state index in [1.807, 2.05) is 33.7 Å². The fraction of sp³-hybridized carbons (Fsp3) is 0.333. The van der Waals surface area contributed by atoms with Gasteiger partial charge in [0, 0.05) is 47.9 Å². The maximum Gasteiger partial charge on any atom is 0.253 e. The van der Waals surface area contributed by atoms with Gasteiger partial charge in [0.05, 0.1) is 16.6 Å². The number of para-hydroxylation sites is 1. The summed E-state index contributed by atoms with van der Waals surface area (Å²) < 4.78 is 14.1. The van der Waals surface area contributed by atoms with E-state index in [1.54, 1.807) is 12.1 Å². The molecule has 0 saturated carbocycles. The Kier molecular flexibility index (Phi) is 6.36. The first-order valence-electron chi connectivity index (χ1n) is 11.7. The van der Waals surface area contributed by atoms with Crippen molar-refractivity contribution in [2.45, 2.75) is 36.3 Å². The van der Waals surface area contributed by atoms with Crippen molar-refractivity contribution in [3.05, 3.63) is 83.3 Å². The Bertz CT molecular complexity index is 1150. The molecule has 1 unspecified atom stereocenters. The smallest absolute Gasteiger partial charge is 0.253 e. The third-order valence-electron chi connectivity index (χ3n) is 6.41. The zero-order valence-corrected chi connectivity index (χ0v) is 19.7. The molecule has 1 atom stereocenters. The molecule has 33 heavy (non-hydrogen) atoms. The van der Waals surface area contributed by atoms with Crippen LogP contribution in [-0.2, 0) is 4.79 Å². The third-order valence-corrected chi connectivity index (χ3v) is 7.74. The molecule has 1 amide bonds. The Morgan fingerprint density at radius 1 is 1.09 bits per heavy atom. The highest BCUT2D eigenvalue weighted by molar-refractivity contribution is 8.00. The lowest BCUT2D eigenvalue weighted by molar-refractivity contribution is -0.127. The average Bonchev–Trinajstić information content (AvgIpc) is 3.00. The van der Waals surface area contributed by atoms with Crippen molar-refractivity contribution in [2.24, 2.45) is 4.99 Å². The van der Waals surface area contributed by atoms with E-state index in [0.717, 1.165) is 36.2 Å². The topological polar surface area (TPSA) is 35.9 Å². The van der Waals surface area contributed by atoms with E-state index >= 15 is 0 Å². The highest BCUT2D eigenvalue weighted by Gasteiger charge is 2.29. The van der Waals surface area contributed by atoms with Crippen LogP contribution in [0.5, 0.6) is 0 Å². The first-order chi connectivity index (χ1) is 16.1. The lowest BCUT2D eigenvalue weighted by Crippen LogP contribution is -2.49. The number of piperazine rings is 1. The number of carbonyl (C=O) groups excluding carboxylic acids is 1. The van der Waals surface area contributed by atoms with E-state index in [0.29, 0.717) is 31.9 Å². The van der Waals surface area contributed by atoms with E-state index < -0.39 is 0 Å². The van der Waals surface area contributed by atoms with Crippen molar-refractivity contribution < 1.29 is 9.18 Å². The Morgan fingerprint density at radius 2 is 1.85 bits per heavy atom. The second-order valence-corrected chi connectivity index (χ2v) is 9.85. The fourth-order valence-corrected chi connectivity index (χ4v) is 5.88. The number of allylic oxidation sites excluding steroid dienone is 1. The fourth-order valence-electron chi connectivity index (χ4n) is 4.67. The summed E-state index contributed by atoms with van der Waals surface area (Å²) in [5.74, 6) is -0.163. The quantitative estimate of drug-likeness (QED) is 0.607. The second-order valence-electron chi connectivity index (χ2n) is 8.61. The lowest BCUT2D eigenvalue weighted by atomic mass is 10.0. The average molecular weight is 462 g/mol. The molecular formula is C27H28FN3OS. The Balaban J connectivity index is 1.32. The summed E-state index contributed by atoms with van der Waals surface area (Å²) in [7, 11) is 0. The van der Waals surface area contributed by atoms with E-state index in [2.05, 4.69) is 37.3 Å². The van der Waals surface area contributed by atoms with Crippen molar-refractivity contribution in [3.63, 3.8) is 0 Å². The van der Waals surface area contributed by atoms with Crippen LogP contribution in [-0.4, -0.2) is 47.9 Å². The number of benzene rings is 2. The number of carbonyl (C=O) groups is 1. The summed E-state index contributed by atoms with van der Waals surface area (Å²) in [5, 5.41) is 0.231. The summed E-state index contributed by atoms with van der Waals surface area (Å²) in [6.07, 6.45) is 6.81. The Labute approximate surface area is 198 Å². The minimum atomic E-state index is -0.212. The third kappa shape index (κ3) is 4.49. The van der Waals surface area contributed by atoms with Crippen LogP contribution >= 0.6 is 11.8 Å². The molecule has 0 aromatic heterocycles. The van der Waals surface area contributed by atoms with Gasteiger partial charge in [0.15, 0.2) is 0 Å². The van der Waals surface area contributed by atoms with Crippen LogP contribution in [0.4, 0.5) is 10.1 Å². The highest BCUT2D eigenvalue weighted by atomic mass is 32.2. The Hall–Kier alpha value is -2.86. The molecule has 0 N–H and O–H groups in total. The number of nitrogens with zero attached hydrogens (tertiary/aromatic N) is 3. The van der Waals surface area contributed by atoms with Crippen LogP contribution in [0.15, 0.2) is 81.8 Å². The van der Waals surface area contributed by atoms with Crippen molar-refractivity contribution in [2.75, 3.05) is 31.1 Å². The maximum absolute atomic E-state index is 14.1. The van der Waals surface area contributed by atoms with Gasteiger partial charge < -0.3 is 9.80 Å². The molecule has 2 aliphatic heterocycles. The highest BCUT2D eigenvalue weighted by Crippen LogP contribution is 2.40. The monoisotopic (exact) mass is 461 g/mol. The van der Waals surface area contributed by atoms with Crippen LogP contribution in [0, 0.1) is 5.82 Å². The minimum absolute atomic E-state index is 0.0492. The van der Waals surface area contributed by atoms with Gasteiger partial charge in [-0.1, -0.05) is 49.8 Å². The predicted octanol–water partition coefficient (Wildman–Crippen LogP) is 5.45. The largest absolute Gasteiger partial charge is 0.366 e. The van der Waals surface area contributed by atoms with Gasteiger partial charge in [0.2, 0.25) is 0 Å². The molecule has 1 saturated heterocycles. The molecule has 0 radical (unpaired) electrons. The van der Waals surface area contributed by atoms with Gasteiger partial charge in [0.1, 0.15) is 5.82 Å². The van der Waals surface area contributed by atoms with Crippen molar-refractivity contribution in [3.8, 4) is 0 Å². The number of fused-ring (bicyclic) bond motifs is 2. The van der Waals surface area contributed by atoms with E-state index in [4.69, 9.17) is 4.99 Å². The SMILES string of the molecule is CCCC1=NC2=CC(C(=O)N3CCN(c4ccccc4F)CC3)=CCC2Sc2ccccc21. The van der Waals surface area contributed by atoms with Gasteiger partial charge in [0.25, 0.3) is 5.91 Å². The zero-order valence-electron chi connectivity index (χ0n) is 18.8. The molecule has 2 aromatic rings. The van der Waals surface area contributed by atoms with Gasteiger partial charge in [-0.3, -0.25) is 9.79 Å². The summed E-state index contributed by atoms with van der Waals surface area (Å²) >= 11 is 1.85. The van der Waals surface area contributed by atoms with E-state index in [-0.39, 0.29) is 17.0 Å². The van der Waals surface area contributed by atoms with Crippen LogP contribution in [0.1, 0.15) is 31.7 Å².